The Labute approximate surface area is 170 Å². The van der Waals surface area contributed by atoms with Crippen molar-refractivity contribution in [1.29, 1.82) is 0 Å². The number of carboxylic acids is 1. The van der Waals surface area contributed by atoms with Crippen LogP contribution in [0.4, 0.5) is 5.69 Å². The quantitative estimate of drug-likeness (QED) is 0.473. The second kappa shape index (κ2) is 9.29. The summed E-state index contributed by atoms with van der Waals surface area (Å²) in [6.45, 7) is 1.66. The van der Waals surface area contributed by atoms with Crippen molar-refractivity contribution in [2.45, 2.75) is 6.92 Å². The number of ether oxygens (including phenoxy) is 1. The molecule has 0 bridgehead atoms. The molecule has 0 saturated heterocycles. The van der Waals surface area contributed by atoms with Crippen LogP contribution in [-0.4, -0.2) is 29.2 Å². The molecule has 2 aromatic rings. The van der Waals surface area contributed by atoms with Gasteiger partial charge in [-0.15, -0.1) is 0 Å². The number of carboxylic acid groups (broad SMARTS) is 1. The number of aromatic carboxylic acids is 1. The summed E-state index contributed by atoms with van der Waals surface area (Å²) < 4.78 is 6.10. The fourth-order valence-corrected chi connectivity index (χ4v) is 2.90. The minimum Gasteiger partial charge on any atom is -0.496 e. The molecule has 27 heavy (non-hydrogen) atoms. The SMILES string of the molecule is COc1ccc(Br)cc1/C=C/C(=O)NC(=S)Nc1cccc(C(=O)O)c1C. The van der Waals surface area contributed by atoms with E-state index in [2.05, 4.69) is 26.6 Å². The lowest BCUT2D eigenvalue weighted by Gasteiger charge is -2.12. The first-order valence-electron chi connectivity index (χ1n) is 7.78. The minimum absolute atomic E-state index is 0.0662. The predicted octanol–water partition coefficient (Wildman–Crippen LogP) is 3.99. The van der Waals surface area contributed by atoms with Crippen molar-refractivity contribution < 1.29 is 19.4 Å². The second-order valence-corrected chi connectivity index (χ2v) is 6.77. The van der Waals surface area contributed by atoms with E-state index >= 15 is 0 Å². The van der Waals surface area contributed by atoms with E-state index in [1.165, 1.54) is 12.1 Å². The maximum absolute atomic E-state index is 12.1. The third-order valence-electron chi connectivity index (χ3n) is 3.66. The van der Waals surface area contributed by atoms with Gasteiger partial charge in [-0.1, -0.05) is 22.0 Å². The Bertz CT molecular complexity index is 928. The molecule has 0 aliphatic rings. The van der Waals surface area contributed by atoms with Crippen molar-refractivity contribution in [2.75, 3.05) is 12.4 Å². The van der Waals surface area contributed by atoms with Gasteiger partial charge in [-0.05, 0) is 61.1 Å². The number of hydrogen-bond donors (Lipinski definition) is 3. The summed E-state index contributed by atoms with van der Waals surface area (Å²) in [5.41, 5.74) is 1.93. The number of carbonyl (C=O) groups excluding carboxylic acids is 1. The van der Waals surface area contributed by atoms with Crippen LogP contribution in [0.1, 0.15) is 21.5 Å². The summed E-state index contributed by atoms with van der Waals surface area (Å²) >= 11 is 8.49. The van der Waals surface area contributed by atoms with E-state index in [9.17, 15) is 9.59 Å². The van der Waals surface area contributed by atoms with Crippen molar-refractivity contribution in [2.24, 2.45) is 0 Å². The number of amides is 1. The highest BCUT2D eigenvalue weighted by molar-refractivity contribution is 9.10. The first-order chi connectivity index (χ1) is 12.8. The molecular formula is C19H17BrN2O4S. The number of carbonyl (C=O) groups is 2. The third-order valence-corrected chi connectivity index (χ3v) is 4.35. The lowest BCUT2D eigenvalue weighted by atomic mass is 10.1. The van der Waals surface area contributed by atoms with Crippen molar-refractivity contribution in [3.8, 4) is 5.75 Å². The van der Waals surface area contributed by atoms with Crippen LogP contribution in [0.25, 0.3) is 6.08 Å². The van der Waals surface area contributed by atoms with Gasteiger partial charge in [0.2, 0.25) is 5.91 Å². The molecule has 0 unspecified atom stereocenters. The van der Waals surface area contributed by atoms with E-state index in [0.29, 0.717) is 17.0 Å². The van der Waals surface area contributed by atoms with Crippen LogP contribution in [0.5, 0.6) is 5.75 Å². The van der Waals surface area contributed by atoms with Gasteiger partial charge in [0, 0.05) is 21.8 Å². The van der Waals surface area contributed by atoms with Gasteiger partial charge in [-0.3, -0.25) is 10.1 Å². The molecule has 0 saturated carbocycles. The van der Waals surface area contributed by atoms with E-state index < -0.39 is 11.9 Å². The van der Waals surface area contributed by atoms with Gasteiger partial charge in [0.15, 0.2) is 5.11 Å². The molecule has 0 aliphatic heterocycles. The first-order valence-corrected chi connectivity index (χ1v) is 8.98. The number of anilines is 1. The molecule has 3 N–H and O–H groups in total. The Hall–Kier alpha value is -2.71. The maximum atomic E-state index is 12.1. The molecule has 8 heteroatoms. The van der Waals surface area contributed by atoms with Crippen molar-refractivity contribution in [3.05, 3.63) is 63.6 Å². The van der Waals surface area contributed by atoms with Gasteiger partial charge in [0.1, 0.15) is 5.75 Å². The minimum atomic E-state index is -1.03. The monoisotopic (exact) mass is 448 g/mol. The van der Waals surface area contributed by atoms with Crippen molar-refractivity contribution in [3.63, 3.8) is 0 Å². The molecule has 6 nitrogen and oxygen atoms in total. The van der Waals surface area contributed by atoms with Crippen LogP contribution in [0.15, 0.2) is 46.9 Å². The van der Waals surface area contributed by atoms with E-state index in [0.717, 1.165) is 10.0 Å². The summed E-state index contributed by atoms with van der Waals surface area (Å²) in [4.78, 5) is 23.3. The highest BCUT2D eigenvalue weighted by Gasteiger charge is 2.11. The topological polar surface area (TPSA) is 87.7 Å². The fraction of sp³-hybridized carbons (Fsp3) is 0.105. The number of thiocarbonyl (C=S) groups is 1. The Morgan fingerprint density at radius 1 is 1.26 bits per heavy atom. The molecule has 1 amide bonds. The summed E-state index contributed by atoms with van der Waals surface area (Å²) in [7, 11) is 1.55. The zero-order chi connectivity index (χ0) is 20.0. The zero-order valence-electron chi connectivity index (χ0n) is 14.6. The average molecular weight is 449 g/mol. The van der Waals surface area contributed by atoms with Crippen LogP contribution in [0.3, 0.4) is 0 Å². The average Bonchev–Trinajstić information content (AvgIpc) is 2.61. The Morgan fingerprint density at radius 3 is 2.67 bits per heavy atom. The molecule has 0 heterocycles. The van der Waals surface area contributed by atoms with E-state index in [4.69, 9.17) is 22.1 Å². The van der Waals surface area contributed by atoms with E-state index in [-0.39, 0.29) is 10.7 Å². The van der Waals surface area contributed by atoms with Crippen molar-refractivity contribution >= 4 is 56.9 Å². The molecule has 0 radical (unpaired) electrons. The van der Waals surface area contributed by atoms with Gasteiger partial charge in [-0.2, -0.15) is 0 Å². The molecule has 140 valence electrons. The van der Waals surface area contributed by atoms with Crippen LogP contribution in [0, 0.1) is 6.92 Å². The lowest BCUT2D eigenvalue weighted by Crippen LogP contribution is -2.33. The molecule has 0 aliphatic carbocycles. The number of nitrogens with one attached hydrogen (secondary N) is 2. The number of rotatable bonds is 5. The maximum Gasteiger partial charge on any atom is 0.336 e. The summed E-state index contributed by atoms with van der Waals surface area (Å²) in [6, 6.07) is 10.2. The molecule has 2 rings (SSSR count). The lowest BCUT2D eigenvalue weighted by molar-refractivity contribution is -0.115. The van der Waals surface area contributed by atoms with Crippen LogP contribution in [0.2, 0.25) is 0 Å². The van der Waals surface area contributed by atoms with E-state index in [1.54, 1.807) is 38.3 Å². The van der Waals surface area contributed by atoms with Crippen LogP contribution in [-0.2, 0) is 4.79 Å². The molecule has 0 aromatic heterocycles. The number of benzene rings is 2. The smallest absolute Gasteiger partial charge is 0.336 e. The van der Waals surface area contributed by atoms with Gasteiger partial charge < -0.3 is 15.2 Å². The van der Waals surface area contributed by atoms with Crippen LogP contribution < -0.4 is 15.4 Å². The van der Waals surface area contributed by atoms with Crippen LogP contribution >= 0.6 is 28.1 Å². The Kier molecular flexibility index (Phi) is 7.09. The van der Waals surface area contributed by atoms with Gasteiger partial charge >= 0.3 is 5.97 Å². The summed E-state index contributed by atoms with van der Waals surface area (Å²) in [5.74, 6) is -0.831. The van der Waals surface area contributed by atoms with Crippen molar-refractivity contribution in [1.82, 2.24) is 5.32 Å². The molecule has 0 atom stereocenters. The Morgan fingerprint density at radius 2 is 2.00 bits per heavy atom. The van der Waals surface area contributed by atoms with Gasteiger partial charge in [0.05, 0.1) is 12.7 Å². The number of halogens is 1. The Balaban J connectivity index is 2.05. The third kappa shape index (κ3) is 5.63. The normalized spacial score (nSPS) is 10.5. The highest BCUT2D eigenvalue weighted by atomic mass is 79.9. The summed E-state index contributed by atoms with van der Waals surface area (Å²) in [5, 5.41) is 14.6. The number of methoxy groups -OCH3 is 1. The molecule has 0 spiro atoms. The molecule has 2 aromatic carbocycles. The second-order valence-electron chi connectivity index (χ2n) is 5.45. The molecule has 0 fully saturated rings. The van der Waals surface area contributed by atoms with Gasteiger partial charge in [0.25, 0.3) is 0 Å². The standard InChI is InChI=1S/C19H17BrN2O4S/c1-11-14(18(24)25)4-3-5-15(11)21-19(27)22-17(23)9-6-12-10-13(20)7-8-16(12)26-2/h3-10H,1-2H3,(H,24,25)(H2,21,22,23,27)/b9-6+. The first kappa shape index (κ1) is 20.6. The largest absolute Gasteiger partial charge is 0.496 e. The molecular weight excluding hydrogens is 432 g/mol. The van der Waals surface area contributed by atoms with Gasteiger partial charge in [-0.25, -0.2) is 4.79 Å². The highest BCUT2D eigenvalue weighted by Crippen LogP contribution is 2.24. The predicted molar refractivity (Wildman–Crippen MR) is 112 cm³/mol. The number of hydrogen-bond acceptors (Lipinski definition) is 4. The van der Waals surface area contributed by atoms with E-state index in [1.807, 2.05) is 12.1 Å². The fourth-order valence-electron chi connectivity index (χ4n) is 2.31. The zero-order valence-corrected chi connectivity index (χ0v) is 17.0. The summed E-state index contributed by atoms with van der Waals surface area (Å²) in [6.07, 6.45) is 2.94.